The van der Waals surface area contributed by atoms with Gasteiger partial charge < -0.3 is 10.6 Å². The number of sulfonamides is 1. The van der Waals surface area contributed by atoms with Crippen molar-refractivity contribution < 1.29 is 8.42 Å². The van der Waals surface area contributed by atoms with Gasteiger partial charge in [0.2, 0.25) is 10.0 Å². The predicted molar refractivity (Wildman–Crippen MR) is 79.8 cm³/mol. The lowest BCUT2D eigenvalue weighted by molar-refractivity contribution is 0.271. The van der Waals surface area contributed by atoms with Gasteiger partial charge in [-0.25, -0.2) is 13.1 Å². The highest BCUT2D eigenvalue weighted by molar-refractivity contribution is 7.89. The molecule has 0 aliphatic heterocycles. The lowest BCUT2D eigenvalue weighted by Crippen LogP contribution is -2.31. The second-order valence-corrected chi connectivity index (χ2v) is 7.47. The number of rotatable bonds is 8. The summed E-state index contributed by atoms with van der Waals surface area (Å²) in [6.07, 6.45) is 0.788. The monoisotopic (exact) mass is 305 g/mol. The molecule has 0 bridgehead atoms. The van der Waals surface area contributed by atoms with Gasteiger partial charge in [0, 0.05) is 24.0 Å². The third kappa shape index (κ3) is 4.85. The lowest BCUT2D eigenvalue weighted by Gasteiger charge is -2.20. The highest BCUT2D eigenvalue weighted by Crippen LogP contribution is 2.20. The van der Waals surface area contributed by atoms with E-state index in [9.17, 15) is 8.42 Å². The molecule has 1 aromatic rings. The smallest absolute Gasteiger partial charge is 0.241 e. The van der Waals surface area contributed by atoms with Crippen LogP contribution in [-0.4, -0.2) is 39.5 Å². The van der Waals surface area contributed by atoms with Gasteiger partial charge in [-0.2, -0.15) is 0 Å². The van der Waals surface area contributed by atoms with Crippen LogP contribution in [0.3, 0.4) is 0 Å². The average Bonchev–Trinajstić information content (AvgIpc) is 2.83. The Hall–Kier alpha value is -0.470. The summed E-state index contributed by atoms with van der Waals surface area (Å²) < 4.78 is 26.8. The van der Waals surface area contributed by atoms with Gasteiger partial charge in [0.15, 0.2) is 0 Å². The van der Waals surface area contributed by atoms with Crippen molar-refractivity contribution in [1.82, 2.24) is 9.62 Å². The van der Waals surface area contributed by atoms with E-state index in [2.05, 4.69) is 23.5 Å². The fraction of sp³-hybridized carbons (Fsp3) is 0.667. The molecule has 0 spiro atoms. The first-order valence-electron chi connectivity index (χ1n) is 6.35. The Kier molecular flexibility index (Phi) is 6.41. The molecule has 0 aromatic carbocycles. The Morgan fingerprint density at radius 2 is 2.16 bits per heavy atom. The van der Waals surface area contributed by atoms with Crippen molar-refractivity contribution in [1.29, 1.82) is 0 Å². The van der Waals surface area contributed by atoms with E-state index in [1.54, 1.807) is 11.4 Å². The van der Waals surface area contributed by atoms with Crippen molar-refractivity contribution in [2.24, 2.45) is 5.73 Å². The van der Waals surface area contributed by atoms with E-state index in [1.165, 1.54) is 11.3 Å². The quantitative estimate of drug-likeness (QED) is 0.708. The van der Waals surface area contributed by atoms with Gasteiger partial charge in [0.05, 0.1) is 4.90 Å². The second-order valence-electron chi connectivity index (χ2n) is 4.74. The summed E-state index contributed by atoms with van der Waals surface area (Å²) in [6, 6.07) is 2.08. The summed E-state index contributed by atoms with van der Waals surface area (Å²) in [6.45, 7) is 5.79. The van der Waals surface area contributed by atoms with Crippen LogP contribution in [0.25, 0.3) is 0 Å². The van der Waals surface area contributed by atoms with Gasteiger partial charge in [-0.3, -0.25) is 0 Å². The SMILES string of the molecule is CC(C)N(C)CCCNS(=O)(=O)c1ccsc1CN. The minimum Gasteiger partial charge on any atom is -0.326 e. The highest BCUT2D eigenvalue weighted by atomic mass is 32.2. The van der Waals surface area contributed by atoms with E-state index < -0.39 is 10.0 Å². The molecule has 0 aliphatic rings. The van der Waals surface area contributed by atoms with Gasteiger partial charge in [-0.1, -0.05) is 0 Å². The maximum atomic E-state index is 12.1. The highest BCUT2D eigenvalue weighted by Gasteiger charge is 2.18. The molecular weight excluding hydrogens is 282 g/mol. The molecule has 7 heteroatoms. The summed E-state index contributed by atoms with van der Waals surface area (Å²) in [5, 5.41) is 1.75. The number of thiophene rings is 1. The molecule has 3 N–H and O–H groups in total. The largest absolute Gasteiger partial charge is 0.326 e. The van der Waals surface area contributed by atoms with E-state index >= 15 is 0 Å². The van der Waals surface area contributed by atoms with Gasteiger partial charge in [0.25, 0.3) is 0 Å². The number of nitrogens with two attached hydrogens (primary N) is 1. The van der Waals surface area contributed by atoms with Crippen LogP contribution >= 0.6 is 11.3 Å². The molecule has 0 fully saturated rings. The number of nitrogens with one attached hydrogen (secondary N) is 1. The second kappa shape index (κ2) is 7.35. The topological polar surface area (TPSA) is 75.4 Å². The first-order valence-corrected chi connectivity index (χ1v) is 8.71. The molecule has 0 aliphatic carbocycles. The normalized spacial score (nSPS) is 12.5. The maximum absolute atomic E-state index is 12.1. The van der Waals surface area contributed by atoms with E-state index in [4.69, 9.17) is 5.73 Å². The third-order valence-corrected chi connectivity index (χ3v) is 5.66. The summed E-state index contributed by atoms with van der Waals surface area (Å²) >= 11 is 1.37. The molecule has 1 aromatic heterocycles. The molecule has 0 unspecified atom stereocenters. The molecule has 1 heterocycles. The number of hydrogen-bond acceptors (Lipinski definition) is 5. The Labute approximate surface area is 119 Å². The zero-order valence-corrected chi connectivity index (χ0v) is 13.4. The van der Waals surface area contributed by atoms with Crippen molar-refractivity contribution >= 4 is 21.4 Å². The summed E-state index contributed by atoms with van der Waals surface area (Å²) in [5.74, 6) is 0. The third-order valence-electron chi connectivity index (χ3n) is 3.04. The minimum atomic E-state index is -3.42. The Morgan fingerprint density at radius 1 is 1.47 bits per heavy atom. The predicted octanol–water partition coefficient (Wildman–Crippen LogP) is 1.22. The zero-order chi connectivity index (χ0) is 14.5. The van der Waals surface area contributed by atoms with Crippen LogP contribution in [0.1, 0.15) is 25.1 Å². The molecule has 0 saturated heterocycles. The fourth-order valence-electron chi connectivity index (χ4n) is 1.59. The van der Waals surface area contributed by atoms with E-state index in [-0.39, 0.29) is 6.54 Å². The molecule has 0 radical (unpaired) electrons. The van der Waals surface area contributed by atoms with Crippen molar-refractivity contribution in [2.45, 2.75) is 37.8 Å². The number of hydrogen-bond donors (Lipinski definition) is 2. The lowest BCUT2D eigenvalue weighted by atomic mass is 10.3. The number of nitrogens with zero attached hydrogens (tertiary/aromatic N) is 1. The van der Waals surface area contributed by atoms with Gasteiger partial charge >= 0.3 is 0 Å². The van der Waals surface area contributed by atoms with Crippen LogP contribution in [0.5, 0.6) is 0 Å². The van der Waals surface area contributed by atoms with Crippen molar-refractivity contribution in [3.05, 3.63) is 16.3 Å². The van der Waals surface area contributed by atoms with Crippen molar-refractivity contribution in [3.8, 4) is 0 Å². The van der Waals surface area contributed by atoms with Crippen LogP contribution in [0, 0.1) is 0 Å². The van der Waals surface area contributed by atoms with E-state index in [0.717, 1.165) is 13.0 Å². The molecule has 110 valence electrons. The fourth-order valence-corrected chi connectivity index (χ4v) is 4.00. The van der Waals surface area contributed by atoms with E-state index in [1.807, 2.05) is 7.05 Å². The van der Waals surface area contributed by atoms with Gasteiger partial charge in [-0.05, 0) is 45.3 Å². The molecule has 1 rings (SSSR count). The van der Waals surface area contributed by atoms with Crippen LogP contribution < -0.4 is 10.5 Å². The van der Waals surface area contributed by atoms with Crippen LogP contribution in [-0.2, 0) is 16.6 Å². The van der Waals surface area contributed by atoms with Crippen LogP contribution in [0.2, 0.25) is 0 Å². The van der Waals surface area contributed by atoms with Gasteiger partial charge in [-0.15, -0.1) is 11.3 Å². The van der Waals surface area contributed by atoms with Crippen LogP contribution in [0.15, 0.2) is 16.3 Å². The Bertz CT molecular complexity index is 483. The maximum Gasteiger partial charge on any atom is 0.241 e. The molecular formula is C12H23N3O2S2. The molecule has 5 nitrogen and oxygen atoms in total. The first-order chi connectivity index (χ1) is 8.88. The van der Waals surface area contributed by atoms with Crippen molar-refractivity contribution in [3.63, 3.8) is 0 Å². The average molecular weight is 305 g/mol. The van der Waals surface area contributed by atoms with Crippen molar-refractivity contribution in [2.75, 3.05) is 20.1 Å². The zero-order valence-electron chi connectivity index (χ0n) is 11.7. The molecule has 0 saturated carbocycles. The standard InChI is InChI=1S/C12H23N3O2S2/c1-10(2)15(3)7-4-6-14-19(16,17)12-5-8-18-11(12)9-13/h5,8,10,14H,4,6-7,9,13H2,1-3H3. The van der Waals surface area contributed by atoms with Crippen LogP contribution in [0.4, 0.5) is 0 Å². The van der Waals surface area contributed by atoms with E-state index in [0.29, 0.717) is 22.4 Å². The van der Waals surface area contributed by atoms with Gasteiger partial charge in [0.1, 0.15) is 0 Å². The summed E-state index contributed by atoms with van der Waals surface area (Å²) in [4.78, 5) is 3.20. The minimum absolute atomic E-state index is 0.254. The Balaban J connectivity index is 2.48. The molecule has 0 amide bonds. The summed E-state index contributed by atoms with van der Waals surface area (Å²) in [5.41, 5.74) is 5.53. The molecule has 0 atom stereocenters. The first kappa shape index (κ1) is 16.6. The Morgan fingerprint density at radius 3 is 2.74 bits per heavy atom. The summed E-state index contributed by atoms with van der Waals surface area (Å²) in [7, 11) is -1.38. The molecule has 19 heavy (non-hydrogen) atoms.